The van der Waals surface area contributed by atoms with E-state index < -0.39 is 28.7 Å². The third-order valence-corrected chi connectivity index (χ3v) is 6.73. The topological polar surface area (TPSA) is 70.9 Å². The predicted octanol–water partition coefficient (Wildman–Crippen LogP) is 3.09. The molecule has 0 unspecified atom stereocenters. The Kier molecular flexibility index (Phi) is 7.24. The third kappa shape index (κ3) is 4.88. The van der Waals surface area contributed by atoms with Gasteiger partial charge in [-0.3, -0.25) is 19.4 Å². The molecular formula is C23H28F3N5O2S. The maximum absolute atomic E-state index is 13.4. The Bertz CT molecular complexity index is 1030. The van der Waals surface area contributed by atoms with Gasteiger partial charge >= 0.3 is 6.18 Å². The van der Waals surface area contributed by atoms with E-state index in [1.54, 1.807) is 24.8 Å². The number of rotatable bonds is 5. The van der Waals surface area contributed by atoms with Gasteiger partial charge in [-0.1, -0.05) is 13.8 Å². The Labute approximate surface area is 202 Å². The molecule has 2 aliphatic rings. The van der Waals surface area contributed by atoms with Gasteiger partial charge in [0, 0.05) is 45.2 Å². The molecular weight excluding hydrogens is 467 g/mol. The lowest BCUT2D eigenvalue weighted by atomic mass is 10.0. The molecule has 2 heterocycles. The molecule has 2 amide bonds. The number of halogens is 3. The van der Waals surface area contributed by atoms with Crippen LogP contribution in [0, 0.1) is 17.2 Å². The van der Waals surface area contributed by atoms with Gasteiger partial charge in [-0.05, 0) is 44.3 Å². The maximum Gasteiger partial charge on any atom is 0.417 e. The first-order valence-corrected chi connectivity index (χ1v) is 11.5. The van der Waals surface area contributed by atoms with Gasteiger partial charge in [0.2, 0.25) is 5.91 Å². The monoisotopic (exact) mass is 495 g/mol. The van der Waals surface area contributed by atoms with Crippen molar-refractivity contribution in [2.45, 2.75) is 39.4 Å². The van der Waals surface area contributed by atoms with Gasteiger partial charge in [0.15, 0.2) is 5.11 Å². The van der Waals surface area contributed by atoms with Crippen LogP contribution in [0.15, 0.2) is 18.2 Å². The van der Waals surface area contributed by atoms with E-state index in [0.717, 1.165) is 17.0 Å². The Morgan fingerprint density at radius 1 is 1.18 bits per heavy atom. The highest BCUT2D eigenvalue weighted by Gasteiger charge is 2.49. The van der Waals surface area contributed by atoms with E-state index in [4.69, 9.17) is 17.5 Å². The van der Waals surface area contributed by atoms with E-state index in [1.165, 1.54) is 6.07 Å². The summed E-state index contributed by atoms with van der Waals surface area (Å²) < 4.78 is 40.3. The van der Waals surface area contributed by atoms with Crippen LogP contribution >= 0.6 is 12.2 Å². The number of anilines is 1. The molecule has 1 aromatic carbocycles. The molecule has 184 valence electrons. The zero-order valence-electron chi connectivity index (χ0n) is 19.6. The van der Waals surface area contributed by atoms with Crippen molar-refractivity contribution in [1.29, 1.82) is 5.26 Å². The lowest BCUT2D eigenvalue weighted by Gasteiger charge is -2.37. The minimum Gasteiger partial charge on any atom is -0.340 e. The molecule has 11 heteroatoms. The number of piperazine rings is 1. The minimum absolute atomic E-state index is 0.0160. The van der Waals surface area contributed by atoms with Crippen LogP contribution in [0.5, 0.6) is 0 Å². The molecule has 7 nitrogen and oxygen atoms in total. The molecule has 0 bridgehead atoms. The maximum atomic E-state index is 13.4. The number of hydrogen-bond acceptors (Lipinski definition) is 5. The summed E-state index contributed by atoms with van der Waals surface area (Å²) >= 11 is 5.53. The summed E-state index contributed by atoms with van der Waals surface area (Å²) in [6.07, 6.45) is -4.74. The fourth-order valence-electron chi connectivity index (χ4n) is 4.24. The Balaban J connectivity index is 1.74. The Hall–Kier alpha value is -2.71. The van der Waals surface area contributed by atoms with Gasteiger partial charge in [-0.15, -0.1) is 0 Å². The summed E-state index contributed by atoms with van der Waals surface area (Å²) in [5, 5.41) is 9.17. The van der Waals surface area contributed by atoms with E-state index in [-0.39, 0.29) is 22.6 Å². The fraction of sp³-hybridized carbons (Fsp3) is 0.565. The van der Waals surface area contributed by atoms with Gasteiger partial charge in [0.1, 0.15) is 5.54 Å². The number of carbonyl (C=O) groups excluding carboxylic acids is 2. The first-order chi connectivity index (χ1) is 15.8. The molecule has 1 aromatic rings. The van der Waals surface area contributed by atoms with Crippen molar-refractivity contribution in [3.63, 3.8) is 0 Å². The lowest BCUT2D eigenvalue weighted by molar-refractivity contribution is -0.138. The number of carbonyl (C=O) groups is 2. The smallest absolute Gasteiger partial charge is 0.340 e. The number of amides is 2. The average Bonchev–Trinajstić information content (AvgIpc) is 2.94. The number of nitriles is 1. The van der Waals surface area contributed by atoms with Crippen molar-refractivity contribution in [2.75, 3.05) is 44.2 Å². The SMILES string of the molecule is CC(C)C(=O)N1CCN(CCN2C(=S)N(c3ccc(C#N)c(C(F)(F)F)c3)C(=O)C2(C)C)CC1. The number of nitrogens with zero attached hydrogens (tertiary/aromatic N) is 5. The highest BCUT2D eigenvalue weighted by molar-refractivity contribution is 7.80. The van der Waals surface area contributed by atoms with Gasteiger partial charge in [-0.2, -0.15) is 18.4 Å². The van der Waals surface area contributed by atoms with Crippen molar-refractivity contribution in [3.05, 3.63) is 29.3 Å². The molecule has 2 aliphatic heterocycles. The predicted molar refractivity (Wildman–Crippen MR) is 125 cm³/mol. The number of benzene rings is 1. The van der Waals surface area contributed by atoms with E-state index in [0.29, 0.717) is 39.3 Å². The number of alkyl halides is 3. The number of hydrogen-bond donors (Lipinski definition) is 0. The highest BCUT2D eigenvalue weighted by atomic mass is 32.1. The van der Waals surface area contributed by atoms with Crippen molar-refractivity contribution in [3.8, 4) is 6.07 Å². The molecule has 3 rings (SSSR count). The molecule has 2 fully saturated rings. The molecule has 0 aliphatic carbocycles. The molecule has 2 saturated heterocycles. The largest absolute Gasteiger partial charge is 0.417 e. The van der Waals surface area contributed by atoms with Gasteiger partial charge in [0.05, 0.1) is 22.9 Å². The third-order valence-electron chi connectivity index (χ3n) is 6.33. The van der Waals surface area contributed by atoms with Crippen LogP contribution < -0.4 is 4.90 Å². The van der Waals surface area contributed by atoms with Gasteiger partial charge in [0.25, 0.3) is 5.91 Å². The van der Waals surface area contributed by atoms with Gasteiger partial charge in [-0.25, -0.2) is 0 Å². The van der Waals surface area contributed by atoms with Crippen LogP contribution in [-0.2, 0) is 15.8 Å². The minimum atomic E-state index is -4.74. The van der Waals surface area contributed by atoms with Crippen LogP contribution in [-0.4, -0.2) is 76.4 Å². The molecule has 0 atom stereocenters. The van der Waals surface area contributed by atoms with Crippen molar-refractivity contribution >= 4 is 34.8 Å². The van der Waals surface area contributed by atoms with Crippen molar-refractivity contribution in [1.82, 2.24) is 14.7 Å². The average molecular weight is 496 g/mol. The standard InChI is InChI=1S/C23H28F3N5O2S/c1-15(2)19(32)29-10-7-28(8-11-29)9-12-30-21(34)31(20(33)22(30,3)4)17-6-5-16(14-27)18(13-17)23(24,25)26/h5-6,13,15H,7-12H2,1-4H3. The summed E-state index contributed by atoms with van der Waals surface area (Å²) in [4.78, 5) is 32.2. The summed E-state index contributed by atoms with van der Waals surface area (Å²) in [5.41, 5.74) is -2.68. The van der Waals surface area contributed by atoms with Crippen LogP contribution in [0.25, 0.3) is 0 Å². The molecule has 34 heavy (non-hydrogen) atoms. The second-order valence-electron chi connectivity index (χ2n) is 9.29. The van der Waals surface area contributed by atoms with Crippen LogP contribution in [0.1, 0.15) is 38.8 Å². The second kappa shape index (κ2) is 9.50. The Morgan fingerprint density at radius 2 is 1.79 bits per heavy atom. The molecule has 0 N–H and O–H groups in total. The summed E-state index contributed by atoms with van der Waals surface area (Å²) in [6.45, 7) is 10.8. The van der Waals surface area contributed by atoms with Crippen molar-refractivity contribution < 1.29 is 22.8 Å². The zero-order chi connectivity index (χ0) is 25.4. The molecule has 0 radical (unpaired) electrons. The lowest BCUT2D eigenvalue weighted by Crippen LogP contribution is -2.53. The summed E-state index contributed by atoms with van der Waals surface area (Å²) in [6, 6.07) is 4.71. The van der Waals surface area contributed by atoms with Gasteiger partial charge < -0.3 is 9.80 Å². The van der Waals surface area contributed by atoms with Crippen LogP contribution in [0.2, 0.25) is 0 Å². The van der Waals surface area contributed by atoms with E-state index in [2.05, 4.69) is 4.90 Å². The molecule has 0 saturated carbocycles. The highest BCUT2D eigenvalue weighted by Crippen LogP contribution is 2.37. The van der Waals surface area contributed by atoms with Crippen molar-refractivity contribution in [2.24, 2.45) is 5.92 Å². The molecule has 0 aromatic heterocycles. The molecule has 0 spiro atoms. The van der Waals surface area contributed by atoms with E-state index >= 15 is 0 Å². The van der Waals surface area contributed by atoms with E-state index in [9.17, 15) is 22.8 Å². The zero-order valence-corrected chi connectivity index (χ0v) is 20.5. The van der Waals surface area contributed by atoms with Crippen LogP contribution in [0.4, 0.5) is 18.9 Å². The normalized spacial score (nSPS) is 19.2. The quantitative estimate of drug-likeness (QED) is 0.585. The first kappa shape index (κ1) is 25.9. The Morgan fingerprint density at radius 3 is 2.32 bits per heavy atom. The number of thiocarbonyl (C=S) groups is 1. The first-order valence-electron chi connectivity index (χ1n) is 11.1. The summed E-state index contributed by atoms with van der Waals surface area (Å²) in [5.74, 6) is -0.350. The van der Waals surface area contributed by atoms with E-state index in [1.807, 2.05) is 18.7 Å². The van der Waals surface area contributed by atoms with Crippen LogP contribution in [0.3, 0.4) is 0 Å². The summed E-state index contributed by atoms with van der Waals surface area (Å²) in [7, 11) is 0. The second-order valence-corrected chi connectivity index (χ2v) is 9.66. The fourth-order valence-corrected chi connectivity index (χ4v) is 4.75.